The Hall–Kier alpha value is -1.35. The van der Waals surface area contributed by atoms with Gasteiger partial charge in [0.1, 0.15) is 5.60 Å². The van der Waals surface area contributed by atoms with E-state index in [9.17, 15) is 9.59 Å². The van der Waals surface area contributed by atoms with Crippen LogP contribution in [0.15, 0.2) is 6.07 Å². The SMILES string of the molecule is Cl.O=C(NCCN1CCCOC1=O)c1cc2c(s1)C1(CCNCC1)OCC2. The van der Waals surface area contributed by atoms with Crippen LogP contribution in [-0.4, -0.2) is 62.8 Å². The van der Waals surface area contributed by atoms with E-state index >= 15 is 0 Å². The van der Waals surface area contributed by atoms with Gasteiger partial charge >= 0.3 is 6.09 Å². The lowest BCUT2D eigenvalue weighted by Gasteiger charge is -2.40. The van der Waals surface area contributed by atoms with Crippen molar-refractivity contribution in [1.82, 2.24) is 15.5 Å². The highest BCUT2D eigenvalue weighted by atomic mass is 35.5. The van der Waals surface area contributed by atoms with Gasteiger partial charge in [-0.25, -0.2) is 4.79 Å². The van der Waals surface area contributed by atoms with E-state index < -0.39 is 0 Å². The van der Waals surface area contributed by atoms with Crippen LogP contribution in [-0.2, 0) is 21.5 Å². The summed E-state index contributed by atoms with van der Waals surface area (Å²) in [6, 6.07) is 2.02. The van der Waals surface area contributed by atoms with E-state index in [0.29, 0.717) is 26.2 Å². The summed E-state index contributed by atoms with van der Waals surface area (Å²) in [5.41, 5.74) is 1.05. The van der Waals surface area contributed by atoms with Crippen molar-refractivity contribution >= 4 is 35.7 Å². The van der Waals surface area contributed by atoms with Gasteiger partial charge in [0.05, 0.1) is 18.1 Å². The maximum absolute atomic E-state index is 12.6. The first-order valence-corrected chi connectivity index (χ1v) is 10.2. The Morgan fingerprint density at radius 2 is 2.15 bits per heavy atom. The Morgan fingerprint density at radius 3 is 2.93 bits per heavy atom. The summed E-state index contributed by atoms with van der Waals surface area (Å²) >= 11 is 1.57. The summed E-state index contributed by atoms with van der Waals surface area (Å²) in [6.45, 7) is 4.71. The minimum absolute atomic E-state index is 0. The van der Waals surface area contributed by atoms with Crippen LogP contribution < -0.4 is 10.6 Å². The smallest absolute Gasteiger partial charge is 0.409 e. The van der Waals surface area contributed by atoms with Gasteiger partial charge in [-0.2, -0.15) is 0 Å². The Kier molecular flexibility index (Phi) is 6.62. The van der Waals surface area contributed by atoms with Crippen LogP contribution in [0.2, 0.25) is 0 Å². The third kappa shape index (κ3) is 4.23. The van der Waals surface area contributed by atoms with Gasteiger partial charge in [0.2, 0.25) is 0 Å². The maximum atomic E-state index is 12.6. The fourth-order valence-electron chi connectivity index (χ4n) is 3.93. The van der Waals surface area contributed by atoms with Crippen LogP contribution >= 0.6 is 23.7 Å². The number of carbonyl (C=O) groups is 2. The molecule has 4 rings (SSSR count). The van der Waals surface area contributed by atoms with E-state index in [1.54, 1.807) is 16.2 Å². The molecule has 4 heterocycles. The van der Waals surface area contributed by atoms with Gasteiger partial charge in [-0.1, -0.05) is 0 Å². The molecule has 2 amide bonds. The number of piperidine rings is 1. The molecular formula is C18H26ClN3O4S. The van der Waals surface area contributed by atoms with Crippen molar-refractivity contribution in [2.24, 2.45) is 0 Å². The molecule has 0 radical (unpaired) electrons. The standard InChI is InChI=1S/C18H25N3O4S.ClH/c22-16(20-7-9-21-8-1-10-24-17(21)23)14-12-13-2-11-25-18(15(13)26-14)3-5-19-6-4-18;/h12,19H,1-11H2,(H,20,22);1H. The fourth-order valence-corrected chi connectivity index (χ4v) is 5.26. The second kappa shape index (κ2) is 8.77. The van der Waals surface area contributed by atoms with Gasteiger partial charge in [-0.05, 0) is 50.4 Å². The molecule has 3 aliphatic rings. The molecular weight excluding hydrogens is 390 g/mol. The van der Waals surface area contributed by atoms with E-state index in [4.69, 9.17) is 9.47 Å². The topological polar surface area (TPSA) is 79.9 Å². The van der Waals surface area contributed by atoms with Gasteiger partial charge in [0.25, 0.3) is 5.91 Å². The summed E-state index contributed by atoms with van der Waals surface area (Å²) in [7, 11) is 0. The molecule has 2 saturated heterocycles. The molecule has 150 valence electrons. The molecule has 2 N–H and O–H groups in total. The average Bonchev–Trinajstić information content (AvgIpc) is 3.10. The zero-order valence-corrected chi connectivity index (χ0v) is 16.9. The quantitative estimate of drug-likeness (QED) is 0.785. The minimum Gasteiger partial charge on any atom is -0.449 e. The van der Waals surface area contributed by atoms with Crippen molar-refractivity contribution in [2.75, 3.05) is 45.9 Å². The number of halogens is 1. The third-order valence-corrected chi connectivity index (χ3v) is 6.69. The number of carbonyl (C=O) groups excluding carboxylic acids is 2. The number of fused-ring (bicyclic) bond motifs is 2. The van der Waals surface area contributed by atoms with E-state index in [0.717, 1.165) is 50.3 Å². The molecule has 1 aromatic rings. The zero-order chi connectivity index (χ0) is 18.0. The second-order valence-corrected chi connectivity index (χ2v) is 8.07. The second-order valence-electron chi connectivity index (χ2n) is 7.02. The highest BCUT2D eigenvalue weighted by molar-refractivity contribution is 7.14. The normalized spacial score (nSPS) is 21.2. The Balaban J connectivity index is 0.00000210. The minimum atomic E-state index is -0.290. The lowest BCUT2D eigenvalue weighted by molar-refractivity contribution is -0.0771. The van der Waals surface area contributed by atoms with Crippen LogP contribution in [0.4, 0.5) is 4.79 Å². The van der Waals surface area contributed by atoms with Crippen LogP contribution in [0.1, 0.15) is 39.4 Å². The number of ether oxygens (including phenoxy) is 2. The molecule has 0 atom stereocenters. The molecule has 0 aliphatic carbocycles. The maximum Gasteiger partial charge on any atom is 0.409 e. The molecule has 1 spiro atoms. The molecule has 0 aromatic carbocycles. The first-order valence-electron chi connectivity index (χ1n) is 9.36. The summed E-state index contributed by atoms with van der Waals surface area (Å²) in [5.74, 6) is -0.0705. The molecule has 1 aromatic heterocycles. The number of hydrogen-bond acceptors (Lipinski definition) is 6. The largest absolute Gasteiger partial charge is 0.449 e. The Bertz CT molecular complexity index is 690. The average molecular weight is 416 g/mol. The number of nitrogens with one attached hydrogen (secondary N) is 2. The van der Waals surface area contributed by atoms with E-state index in [2.05, 4.69) is 10.6 Å². The Labute approximate surface area is 169 Å². The molecule has 27 heavy (non-hydrogen) atoms. The molecule has 2 fully saturated rings. The van der Waals surface area contributed by atoms with Gasteiger partial charge in [0.15, 0.2) is 0 Å². The van der Waals surface area contributed by atoms with E-state index in [1.807, 2.05) is 6.07 Å². The number of hydrogen-bond donors (Lipinski definition) is 2. The highest BCUT2D eigenvalue weighted by Crippen LogP contribution is 2.44. The van der Waals surface area contributed by atoms with Gasteiger partial charge in [0, 0.05) is 24.5 Å². The van der Waals surface area contributed by atoms with Crippen molar-refractivity contribution in [3.05, 3.63) is 21.4 Å². The van der Waals surface area contributed by atoms with E-state index in [-0.39, 0.29) is 30.0 Å². The van der Waals surface area contributed by atoms with Gasteiger partial charge in [-0.3, -0.25) is 4.79 Å². The number of thiophene rings is 1. The van der Waals surface area contributed by atoms with Crippen LogP contribution in [0, 0.1) is 0 Å². The van der Waals surface area contributed by atoms with Crippen molar-refractivity contribution in [3.63, 3.8) is 0 Å². The summed E-state index contributed by atoms with van der Waals surface area (Å²) in [4.78, 5) is 27.8. The predicted octanol–water partition coefficient (Wildman–Crippen LogP) is 1.89. The van der Waals surface area contributed by atoms with Crippen molar-refractivity contribution < 1.29 is 19.1 Å². The molecule has 0 saturated carbocycles. The van der Waals surface area contributed by atoms with E-state index in [1.165, 1.54) is 10.4 Å². The molecule has 9 heteroatoms. The van der Waals surface area contributed by atoms with Gasteiger partial charge in [-0.15, -0.1) is 23.7 Å². The molecule has 0 unspecified atom stereocenters. The summed E-state index contributed by atoms with van der Waals surface area (Å²) in [6.07, 6.45) is 3.33. The van der Waals surface area contributed by atoms with Crippen LogP contribution in [0.25, 0.3) is 0 Å². The molecule has 0 bridgehead atoms. The third-order valence-electron chi connectivity index (χ3n) is 5.33. The van der Waals surface area contributed by atoms with Crippen LogP contribution in [0.3, 0.4) is 0 Å². The first kappa shape index (κ1) is 20.4. The highest BCUT2D eigenvalue weighted by Gasteiger charge is 2.41. The number of rotatable bonds is 4. The van der Waals surface area contributed by atoms with Crippen molar-refractivity contribution in [3.8, 4) is 0 Å². The first-order chi connectivity index (χ1) is 12.7. The van der Waals surface area contributed by atoms with Crippen molar-refractivity contribution in [1.29, 1.82) is 0 Å². The lowest BCUT2D eigenvalue weighted by Crippen LogP contribution is -2.44. The lowest BCUT2D eigenvalue weighted by atomic mass is 9.86. The monoisotopic (exact) mass is 415 g/mol. The number of nitrogens with zero attached hydrogens (tertiary/aromatic N) is 1. The zero-order valence-electron chi connectivity index (χ0n) is 15.3. The Morgan fingerprint density at radius 1 is 1.33 bits per heavy atom. The molecule has 3 aliphatic heterocycles. The fraction of sp³-hybridized carbons (Fsp3) is 0.667. The number of amides is 2. The summed E-state index contributed by atoms with van der Waals surface area (Å²) < 4.78 is 11.2. The van der Waals surface area contributed by atoms with Crippen LogP contribution in [0.5, 0.6) is 0 Å². The van der Waals surface area contributed by atoms with Crippen molar-refractivity contribution in [2.45, 2.75) is 31.3 Å². The number of cyclic esters (lactones) is 1. The molecule has 7 nitrogen and oxygen atoms in total. The van der Waals surface area contributed by atoms with Gasteiger partial charge < -0.3 is 25.0 Å². The predicted molar refractivity (Wildman–Crippen MR) is 105 cm³/mol. The summed E-state index contributed by atoms with van der Waals surface area (Å²) in [5, 5.41) is 6.32.